The Morgan fingerprint density at radius 2 is 2.11 bits per heavy atom. The molecule has 0 aromatic heterocycles. The van der Waals surface area contributed by atoms with Crippen molar-refractivity contribution in [2.24, 2.45) is 5.92 Å². The van der Waals surface area contributed by atoms with Gasteiger partial charge in [0.2, 0.25) is 0 Å². The predicted molar refractivity (Wildman–Crippen MR) is 70.6 cm³/mol. The maximum Gasteiger partial charge on any atom is 0.131 e. The Balaban J connectivity index is 1.62. The molecule has 2 heteroatoms. The van der Waals surface area contributed by atoms with Crippen LogP contribution in [0.3, 0.4) is 0 Å². The highest BCUT2D eigenvalue weighted by atomic mass is 16.1. The first-order valence-corrected chi connectivity index (χ1v) is 7.11. The lowest BCUT2D eigenvalue weighted by molar-refractivity contribution is -0.118. The van der Waals surface area contributed by atoms with Crippen molar-refractivity contribution in [1.29, 1.82) is 0 Å². The molecule has 1 saturated carbocycles. The summed E-state index contributed by atoms with van der Waals surface area (Å²) < 4.78 is 0. The molecule has 18 heavy (non-hydrogen) atoms. The van der Waals surface area contributed by atoms with E-state index in [-0.39, 0.29) is 0 Å². The van der Waals surface area contributed by atoms with Gasteiger partial charge in [-0.05, 0) is 54.7 Å². The molecule has 1 N–H and O–H groups in total. The summed E-state index contributed by atoms with van der Waals surface area (Å²) in [5.41, 5.74) is 4.73. The molecule has 0 bridgehead atoms. The Bertz CT molecular complexity index is 518. The summed E-state index contributed by atoms with van der Waals surface area (Å²) in [6.45, 7) is 1.70. The molecule has 0 spiro atoms. The Hall–Kier alpha value is -1.15. The first-order valence-electron chi connectivity index (χ1n) is 7.11. The Morgan fingerprint density at radius 3 is 2.83 bits per heavy atom. The van der Waals surface area contributed by atoms with Gasteiger partial charge in [0, 0.05) is 18.5 Å². The quantitative estimate of drug-likeness (QED) is 0.881. The number of ketones is 1. The Morgan fingerprint density at radius 1 is 1.33 bits per heavy atom. The normalized spacial score (nSPS) is 32.6. The zero-order chi connectivity index (χ0) is 12.3. The number of hydrogen-bond donors (Lipinski definition) is 1. The zero-order valence-electron chi connectivity index (χ0n) is 10.8. The molecule has 0 amide bonds. The smallest absolute Gasteiger partial charge is 0.131 e. The van der Waals surface area contributed by atoms with Crippen molar-refractivity contribution >= 4 is 5.78 Å². The fourth-order valence-corrected chi connectivity index (χ4v) is 3.85. The van der Waals surface area contributed by atoms with Crippen LogP contribution < -0.4 is 5.32 Å². The molecule has 2 fully saturated rings. The van der Waals surface area contributed by atoms with Gasteiger partial charge < -0.3 is 5.32 Å². The summed E-state index contributed by atoms with van der Waals surface area (Å²) in [5.74, 6) is 1.82. The minimum Gasteiger partial charge on any atom is -0.306 e. The topological polar surface area (TPSA) is 29.1 Å². The van der Waals surface area contributed by atoms with Gasteiger partial charge in [0.1, 0.15) is 5.78 Å². The van der Waals surface area contributed by atoms with E-state index in [0.29, 0.717) is 30.2 Å². The van der Waals surface area contributed by atoms with E-state index in [9.17, 15) is 4.79 Å². The fraction of sp³-hybridized carbons (Fsp3) is 0.562. The second kappa shape index (κ2) is 3.67. The maximum atomic E-state index is 11.3. The van der Waals surface area contributed by atoms with E-state index in [0.717, 1.165) is 5.92 Å². The van der Waals surface area contributed by atoms with Gasteiger partial charge in [-0.1, -0.05) is 18.2 Å². The number of fused-ring (bicyclic) bond motifs is 3. The first-order chi connectivity index (χ1) is 8.74. The third-order valence-corrected chi connectivity index (χ3v) is 4.89. The highest BCUT2D eigenvalue weighted by Crippen LogP contribution is 2.51. The van der Waals surface area contributed by atoms with Crippen molar-refractivity contribution < 1.29 is 4.79 Å². The third-order valence-electron chi connectivity index (χ3n) is 4.89. The minimum atomic E-state index is 0.310. The number of hydrogen-bond acceptors (Lipinski definition) is 2. The van der Waals surface area contributed by atoms with Crippen LogP contribution in [0.15, 0.2) is 18.2 Å². The molecule has 0 radical (unpaired) electrons. The second-order valence-electron chi connectivity index (χ2n) is 6.21. The summed E-state index contributed by atoms with van der Waals surface area (Å²) in [6, 6.07) is 7.77. The van der Waals surface area contributed by atoms with Gasteiger partial charge in [-0.3, -0.25) is 4.79 Å². The SMILES string of the molecule is CC(=O)CC1N[C@@H]2c3cccc(C4CC4)c3CC12. The summed E-state index contributed by atoms with van der Waals surface area (Å²) in [5, 5.41) is 3.60. The number of nitrogens with one attached hydrogen (secondary N) is 1. The van der Waals surface area contributed by atoms with Crippen LogP contribution in [-0.4, -0.2) is 11.8 Å². The molecule has 3 atom stereocenters. The molecule has 1 aliphatic heterocycles. The van der Waals surface area contributed by atoms with Crippen molar-refractivity contribution in [2.75, 3.05) is 0 Å². The van der Waals surface area contributed by atoms with Crippen LogP contribution in [-0.2, 0) is 11.2 Å². The van der Waals surface area contributed by atoms with Crippen molar-refractivity contribution in [3.05, 3.63) is 34.9 Å². The number of Topliss-reactive ketones (excluding diaryl/α,β-unsaturated/α-hetero) is 1. The third kappa shape index (κ3) is 1.48. The van der Waals surface area contributed by atoms with Gasteiger partial charge in [-0.15, -0.1) is 0 Å². The molecule has 1 saturated heterocycles. The molecule has 2 aliphatic carbocycles. The molecular weight excluding hydrogens is 222 g/mol. The van der Waals surface area contributed by atoms with Gasteiger partial charge in [0.15, 0.2) is 0 Å². The lowest BCUT2D eigenvalue weighted by Crippen LogP contribution is -2.54. The van der Waals surface area contributed by atoms with E-state index in [1.807, 2.05) is 0 Å². The van der Waals surface area contributed by atoms with Gasteiger partial charge in [0.05, 0.1) is 0 Å². The largest absolute Gasteiger partial charge is 0.306 e. The first kappa shape index (κ1) is 10.7. The van der Waals surface area contributed by atoms with Crippen LogP contribution in [0.25, 0.3) is 0 Å². The molecule has 1 aromatic rings. The van der Waals surface area contributed by atoms with E-state index in [1.165, 1.54) is 24.8 Å². The van der Waals surface area contributed by atoms with E-state index >= 15 is 0 Å². The van der Waals surface area contributed by atoms with Crippen LogP contribution in [0.2, 0.25) is 0 Å². The molecule has 3 aliphatic rings. The number of carbonyl (C=O) groups is 1. The number of benzene rings is 1. The van der Waals surface area contributed by atoms with Crippen LogP contribution in [0.1, 0.15) is 54.8 Å². The zero-order valence-corrected chi connectivity index (χ0v) is 10.8. The van der Waals surface area contributed by atoms with Crippen LogP contribution in [0, 0.1) is 5.92 Å². The highest BCUT2D eigenvalue weighted by Gasteiger charge is 2.47. The van der Waals surface area contributed by atoms with Crippen LogP contribution >= 0.6 is 0 Å². The van der Waals surface area contributed by atoms with Crippen LogP contribution in [0.5, 0.6) is 0 Å². The summed E-state index contributed by atoms with van der Waals surface area (Å²) >= 11 is 0. The number of rotatable bonds is 3. The number of carbonyl (C=O) groups excluding carboxylic acids is 1. The second-order valence-corrected chi connectivity index (χ2v) is 6.21. The van der Waals surface area contributed by atoms with E-state index < -0.39 is 0 Å². The molecule has 1 aromatic carbocycles. The maximum absolute atomic E-state index is 11.3. The van der Waals surface area contributed by atoms with Crippen molar-refractivity contribution in [1.82, 2.24) is 5.32 Å². The van der Waals surface area contributed by atoms with Crippen molar-refractivity contribution in [3.63, 3.8) is 0 Å². The molecule has 94 valence electrons. The minimum absolute atomic E-state index is 0.310. The molecule has 2 unspecified atom stereocenters. The van der Waals surface area contributed by atoms with Crippen LogP contribution in [0.4, 0.5) is 0 Å². The average molecular weight is 241 g/mol. The molecule has 1 heterocycles. The average Bonchev–Trinajstić information content (AvgIpc) is 3.11. The van der Waals surface area contributed by atoms with Crippen molar-refractivity contribution in [2.45, 2.75) is 50.6 Å². The summed E-state index contributed by atoms with van der Waals surface area (Å²) in [6.07, 6.45) is 4.64. The van der Waals surface area contributed by atoms with Gasteiger partial charge in [0.25, 0.3) is 0 Å². The van der Waals surface area contributed by atoms with Gasteiger partial charge >= 0.3 is 0 Å². The van der Waals surface area contributed by atoms with Gasteiger partial charge in [-0.2, -0.15) is 0 Å². The predicted octanol–water partition coefficient (Wildman–Crippen LogP) is 2.73. The Labute approximate surface area is 108 Å². The van der Waals surface area contributed by atoms with E-state index in [1.54, 1.807) is 18.1 Å². The standard InChI is InChI=1S/C16H19NO/c1-9(18)7-15-14-8-13-11(10-5-6-10)3-2-4-12(13)16(14)17-15/h2-4,10,14-17H,5-8H2,1H3/t14?,15?,16-/m1/s1. The van der Waals surface area contributed by atoms with Crippen molar-refractivity contribution in [3.8, 4) is 0 Å². The molecule has 4 rings (SSSR count). The Kier molecular flexibility index (Phi) is 2.19. The lowest BCUT2D eigenvalue weighted by Gasteiger charge is -2.42. The monoisotopic (exact) mass is 241 g/mol. The van der Waals surface area contributed by atoms with E-state index in [4.69, 9.17) is 0 Å². The van der Waals surface area contributed by atoms with Gasteiger partial charge in [-0.25, -0.2) is 0 Å². The molecule has 2 nitrogen and oxygen atoms in total. The lowest BCUT2D eigenvalue weighted by atomic mass is 9.81. The molecular formula is C16H19NO. The fourth-order valence-electron chi connectivity index (χ4n) is 3.85. The summed E-state index contributed by atoms with van der Waals surface area (Å²) in [7, 11) is 0. The van der Waals surface area contributed by atoms with E-state index in [2.05, 4.69) is 23.5 Å². The highest BCUT2D eigenvalue weighted by molar-refractivity contribution is 5.76. The summed E-state index contributed by atoms with van der Waals surface area (Å²) in [4.78, 5) is 11.3.